The van der Waals surface area contributed by atoms with Gasteiger partial charge in [-0.05, 0) is 109 Å². The molecule has 0 saturated carbocycles. The second-order valence-corrected chi connectivity index (χ2v) is 19.9. The van der Waals surface area contributed by atoms with Gasteiger partial charge in [-0.1, -0.05) is 236 Å². The van der Waals surface area contributed by atoms with Crippen molar-refractivity contribution in [2.24, 2.45) is 0 Å². The lowest BCUT2D eigenvalue weighted by molar-refractivity contribution is -0.167. The third kappa shape index (κ3) is 55.9. The van der Waals surface area contributed by atoms with E-state index in [9.17, 15) is 14.4 Å². The number of hydrogen-bond donors (Lipinski definition) is 0. The Morgan fingerprint density at radius 1 is 0.290 bits per heavy atom. The highest BCUT2D eigenvalue weighted by molar-refractivity contribution is 5.71. The van der Waals surface area contributed by atoms with E-state index in [1.807, 2.05) is 0 Å². The first-order valence-electron chi connectivity index (χ1n) is 29.8. The van der Waals surface area contributed by atoms with E-state index in [-0.39, 0.29) is 31.1 Å². The fraction of sp³-hybridized carbons (Fsp3) is 0.794. The summed E-state index contributed by atoms with van der Waals surface area (Å²) < 4.78 is 16.9. The molecular weight excluding hydrogens is 853 g/mol. The van der Waals surface area contributed by atoms with Crippen molar-refractivity contribution in [2.45, 2.75) is 309 Å². The summed E-state index contributed by atoms with van der Waals surface area (Å²) in [5.74, 6) is -0.884. The maximum Gasteiger partial charge on any atom is 0.306 e. The van der Waals surface area contributed by atoms with Crippen LogP contribution in [0.2, 0.25) is 0 Å². The van der Waals surface area contributed by atoms with Gasteiger partial charge in [-0.3, -0.25) is 14.4 Å². The maximum absolute atomic E-state index is 12.9. The zero-order valence-corrected chi connectivity index (χ0v) is 45.8. The molecule has 0 N–H and O–H groups in total. The molecule has 0 aliphatic heterocycles. The predicted octanol–water partition coefficient (Wildman–Crippen LogP) is 20.0. The topological polar surface area (TPSA) is 78.9 Å². The number of rotatable bonds is 54. The van der Waals surface area contributed by atoms with E-state index in [0.29, 0.717) is 19.3 Å². The van der Waals surface area contributed by atoms with Crippen LogP contribution in [0.5, 0.6) is 0 Å². The molecule has 69 heavy (non-hydrogen) atoms. The molecule has 6 nitrogen and oxygen atoms in total. The van der Waals surface area contributed by atoms with E-state index < -0.39 is 6.10 Å². The van der Waals surface area contributed by atoms with Crippen LogP contribution < -0.4 is 0 Å². The van der Waals surface area contributed by atoms with Gasteiger partial charge in [0.25, 0.3) is 0 Å². The Hall–Kier alpha value is -2.89. The summed E-state index contributed by atoms with van der Waals surface area (Å²) in [6.45, 7) is 6.59. The Kier molecular flexibility index (Phi) is 55.3. The van der Waals surface area contributed by atoms with Gasteiger partial charge in [-0.2, -0.15) is 0 Å². The molecule has 0 heterocycles. The summed E-state index contributed by atoms with van der Waals surface area (Å²) in [4.78, 5) is 38.2. The van der Waals surface area contributed by atoms with Crippen LogP contribution in [0.25, 0.3) is 0 Å². The SMILES string of the molecule is CCCCC/C=C\C/C=C\CCCCCCCCCCCC(=O)OC[C@H](COC(=O)CCCCCCCCC/C=C\CCCCCC)OC(=O)CCCCCCCCC/C=C\C/C=C\CCCCC. The number of hydrogen-bond acceptors (Lipinski definition) is 6. The molecule has 0 rings (SSSR count). The molecule has 0 aromatic heterocycles. The minimum atomic E-state index is -0.782. The van der Waals surface area contributed by atoms with E-state index in [1.165, 1.54) is 186 Å². The summed E-state index contributed by atoms with van der Waals surface area (Å²) in [5, 5.41) is 0. The van der Waals surface area contributed by atoms with Crippen LogP contribution in [-0.4, -0.2) is 37.2 Å². The number of allylic oxidation sites excluding steroid dienone is 10. The predicted molar refractivity (Wildman–Crippen MR) is 298 cm³/mol. The van der Waals surface area contributed by atoms with Gasteiger partial charge in [0.05, 0.1) is 0 Å². The molecule has 0 amide bonds. The third-order valence-corrected chi connectivity index (χ3v) is 13.0. The lowest BCUT2D eigenvalue weighted by Crippen LogP contribution is -2.30. The number of esters is 3. The van der Waals surface area contributed by atoms with Crippen LogP contribution in [0.15, 0.2) is 60.8 Å². The lowest BCUT2D eigenvalue weighted by Gasteiger charge is -2.18. The monoisotopic (exact) mass is 965 g/mol. The first-order valence-corrected chi connectivity index (χ1v) is 29.8. The largest absolute Gasteiger partial charge is 0.462 e. The molecule has 400 valence electrons. The standard InChI is InChI=1S/C63H112O6/c1-4-7-10-13-16-19-22-25-28-30-31-33-35-38-41-44-47-50-53-56-62(65)68-59-60(58-67-61(64)55-52-49-46-43-40-37-34-27-24-21-18-15-12-9-6-3)69-63(66)57-54-51-48-45-42-39-36-32-29-26-23-20-17-14-11-8-5-2/h16-17,19-21,24-26,28-29,60H,4-15,18,22-23,27,30-59H2,1-3H3/b19-16-,20-17-,24-21-,28-25-,29-26-/t60-/m0/s1. The van der Waals surface area contributed by atoms with Gasteiger partial charge >= 0.3 is 17.9 Å². The molecule has 0 unspecified atom stereocenters. The molecule has 0 aliphatic rings. The molecule has 0 aromatic carbocycles. The van der Waals surface area contributed by atoms with Crippen molar-refractivity contribution in [1.82, 2.24) is 0 Å². The fourth-order valence-corrected chi connectivity index (χ4v) is 8.44. The van der Waals surface area contributed by atoms with Gasteiger partial charge in [-0.25, -0.2) is 0 Å². The van der Waals surface area contributed by atoms with Crippen LogP contribution in [-0.2, 0) is 28.6 Å². The average molecular weight is 966 g/mol. The van der Waals surface area contributed by atoms with Crippen LogP contribution in [0.1, 0.15) is 303 Å². The normalized spacial score (nSPS) is 12.4. The summed E-state index contributed by atoms with van der Waals surface area (Å²) in [6, 6.07) is 0. The fourth-order valence-electron chi connectivity index (χ4n) is 8.44. The Balaban J connectivity index is 4.38. The zero-order valence-electron chi connectivity index (χ0n) is 45.8. The molecule has 0 aromatic rings. The van der Waals surface area contributed by atoms with Crippen molar-refractivity contribution in [3.63, 3.8) is 0 Å². The van der Waals surface area contributed by atoms with Crippen LogP contribution in [0, 0.1) is 0 Å². The first kappa shape index (κ1) is 66.1. The minimum Gasteiger partial charge on any atom is -0.462 e. The molecule has 0 spiro atoms. The van der Waals surface area contributed by atoms with Crippen molar-refractivity contribution in [1.29, 1.82) is 0 Å². The Morgan fingerprint density at radius 3 is 0.841 bits per heavy atom. The lowest BCUT2D eigenvalue weighted by atomic mass is 10.1. The maximum atomic E-state index is 12.9. The van der Waals surface area contributed by atoms with Crippen molar-refractivity contribution >= 4 is 17.9 Å². The highest BCUT2D eigenvalue weighted by atomic mass is 16.6. The van der Waals surface area contributed by atoms with E-state index in [1.54, 1.807) is 0 Å². The van der Waals surface area contributed by atoms with Crippen LogP contribution >= 0.6 is 0 Å². The molecular formula is C63H112O6. The first-order chi connectivity index (χ1) is 34.0. The van der Waals surface area contributed by atoms with E-state index in [2.05, 4.69) is 81.5 Å². The van der Waals surface area contributed by atoms with Crippen LogP contribution in [0.4, 0.5) is 0 Å². The molecule has 0 radical (unpaired) electrons. The molecule has 0 saturated heterocycles. The second-order valence-electron chi connectivity index (χ2n) is 19.9. The summed E-state index contributed by atoms with van der Waals surface area (Å²) in [7, 11) is 0. The number of ether oxygens (including phenoxy) is 3. The molecule has 6 heteroatoms. The van der Waals surface area contributed by atoms with Crippen LogP contribution in [0.3, 0.4) is 0 Å². The minimum absolute atomic E-state index is 0.0798. The van der Waals surface area contributed by atoms with Crippen molar-refractivity contribution in [2.75, 3.05) is 13.2 Å². The highest BCUT2D eigenvalue weighted by Crippen LogP contribution is 2.16. The van der Waals surface area contributed by atoms with Gasteiger partial charge in [0.1, 0.15) is 13.2 Å². The Bertz CT molecular complexity index is 1250. The Labute approximate surface area is 428 Å². The van der Waals surface area contributed by atoms with Gasteiger partial charge in [-0.15, -0.1) is 0 Å². The van der Waals surface area contributed by atoms with E-state index in [0.717, 1.165) is 77.0 Å². The van der Waals surface area contributed by atoms with Gasteiger partial charge in [0.15, 0.2) is 6.10 Å². The number of carbonyl (C=O) groups excluding carboxylic acids is 3. The van der Waals surface area contributed by atoms with E-state index in [4.69, 9.17) is 14.2 Å². The Morgan fingerprint density at radius 2 is 0.522 bits per heavy atom. The zero-order chi connectivity index (χ0) is 50.0. The van der Waals surface area contributed by atoms with Gasteiger partial charge in [0, 0.05) is 19.3 Å². The third-order valence-electron chi connectivity index (χ3n) is 13.0. The quantitative estimate of drug-likeness (QED) is 0.0262. The molecule has 0 aliphatic carbocycles. The molecule has 1 atom stereocenters. The van der Waals surface area contributed by atoms with Gasteiger partial charge in [0.2, 0.25) is 0 Å². The highest BCUT2D eigenvalue weighted by Gasteiger charge is 2.19. The molecule has 0 fully saturated rings. The molecule has 0 bridgehead atoms. The summed E-state index contributed by atoms with van der Waals surface area (Å²) in [5.41, 5.74) is 0. The van der Waals surface area contributed by atoms with Crippen molar-refractivity contribution < 1.29 is 28.6 Å². The number of carbonyl (C=O) groups is 3. The van der Waals surface area contributed by atoms with Gasteiger partial charge < -0.3 is 14.2 Å². The average Bonchev–Trinajstić information content (AvgIpc) is 3.35. The summed E-state index contributed by atoms with van der Waals surface area (Å²) in [6.07, 6.45) is 72.0. The van der Waals surface area contributed by atoms with Crippen molar-refractivity contribution in [3.8, 4) is 0 Å². The van der Waals surface area contributed by atoms with Crippen molar-refractivity contribution in [3.05, 3.63) is 60.8 Å². The smallest absolute Gasteiger partial charge is 0.306 e. The summed E-state index contributed by atoms with van der Waals surface area (Å²) >= 11 is 0. The number of unbranched alkanes of at least 4 members (excludes halogenated alkanes) is 33. The van der Waals surface area contributed by atoms with E-state index >= 15 is 0 Å². The second kappa shape index (κ2) is 57.7.